The molecule has 154 valence electrons. The molecule has 2 saturated heterocycles. The van der Waals surface area contributed by atoms with Crippen molar-refractivity contribution in [2.45, 2.75) is 63.8 Å². The SMILES string of the molecule is CN=C(NCCC1CCN(C)CC1)NC1CCN(C(=O)C2CCCCC2)C1. The van der Waals surface area contributed by atoms with Crippen LogP contribution in [-0.2, 0) is 4.79 Å². The van der Waals surface area contributed by atoms with Gasteiger partial charge in [0.05, 0.1) is 0 Å². The highest BCUT2D eigenvalue weighted by molar-refractivity contribution is 5.81. The van der Waals surface area contributed by atoms with Crippen LogP contribution in [0.5, 0.6) is 0 Å². The van der Waals surface area contributed by atoms with E-state index in [1.807, 2.05) is 7.05 Å². The van der Waals surface area contributed by atoms with E-state index in [0.29, 0.717) is 11.9 Å². The lowest BCUT2D eigenvalue weighted by Crippen LogP contribution is -2.46. The number of nitrogens with one attached hydrogen (secondary N) is 2. The molecule has 1 aliphatic carbocycles. The van der Waals surface area contributed by atoms with Crippen LogP contribution < -0.4 is 10.6 Å². The molecule has 2 aliphatic heterocycles. The van der Waals surface area contributed by atoms with Crippen molar-refractivity contribution in [3.05, 3.63) is 0 Å². The molecule has 1 atom stereocenters. The van der Waals surface area contributed by atoms with Gasteiger partial charge in [0.15, 0.2) is 5.96 Å². The molecule has 3 fully saturated rings. The van der Waals surface area contributed by atoms with Crippen LogP contribution in [0.25, 0.3) is 0 Å². The first-order chi connectivity index (χ1) is 13.2. The topological polar surface area (TPSA) is 60.0 Å². The number of rotatable bonds is 5. The number of likely N-dealkylation sites (tertiary alicyclic amines) is 2. The molecule has 0 aromatic heterocycles. The Bertz CT molecular complexity index is 495. The predicted molar refractivity (Wildman–Crippen MR) is 111 cm³/mol. The summed E-state index contributed by atoms with van der Waals surface area (Å²) in [6.45, 7) is 5.14. The quantitative estimate of drug-likeness (QED) is 0.569. The number of carbonyl (C=O) groups excluding carboxylic acids is 1. The summed E-state index contributed by atoms with van der Waals surface area (Å²) in [6, 6.07) is 0.326. The summed E-state index contributed by atoms with van der Waals surface area (Å²) in [6.07, 6.45) is 10.8. The number of hydrogen-bond donors (Lipinski definition) is 2. The van der Waals surface area contributed by atoms with E-state index < -0.39 is 0 Å². The van der Waals surface area contributed by atoms with Gasteiger partial charge in [0, 0.05) is 38.6 Å². The first-order valence-corrected chi connectivity index (χ1v) is 11.1. The second kappa shape index (κ2) is 10.3. The first-order valence-electron chi connectivity index (χ1n) is 11.1. The summed E-state index contributed by atoms with van der Waals surface area (Å²) in [7, 11) is 4.05. The van der Waals surface area contributed by atoms with Crippen LogP contribution in [0, 0.1) is 11.8 Å². The lowest BCUT2D eigenvalue weighted by atomic mass is 9.88. The lowest BCUT2D eigenvalue weighted by Gasteiger charge is -2.29. The molecule has 0 aromatic carbocycles. The van der Waals surface area contributed by atoms with Gasteiger partial charge >= 0.3 is 0 Å². The molecule has 6 heteroatoms. The van der Waals surface area contributed by atoms with Crippen LogP contribution in [0.4, 0.5) is 0 Å². The molecule has 0 aromatic rings. The zero-order chi connectivity index (χ0) is 19.1. The van der Waals surface area contributed by atoms with Crippen molar-refractivity contribution in [2.24, 2.45) is 16.8 Å². The first kappa shape index (κ1) is 20.4. The van der Waals surface area contributed by atoms with Gasteiger partial charge in [0.2, 0.25) is 5.91 Å². The van der Waals surface area contributed by atoms with Crippen LogP contribution in [0.15, 0.2) is 4.99 Å². The van der Waals surface area contributed by atoms with Crippen molar-refractivity contribution < 1.29 is 4.79 Å². The summed E-state index contributed by atoms with van der Waals surface area (Å²) in [5.74, 6) is 2.40. The monoisotopic (exact) mass is 377 g/mol. The molecule has 3 rings (SSSR count). The Kier molecular flexibility index (Phi) is 7.80. The third-order valence-electron chi connectivity index (χ3n) is 6.70. The average Bonchev–Trinajstić information content (AvgIpc) is 3.17. The van der Waals surface area contributed by atoms with Gasteiger partial charge in [-0.05, 0) is 64.6 Å². The van der Waals surface area contributed by atoms with Crippen molar-refractivity contribution in [2.75, 3.05) is 46.8 Å². The van der Waals surface area contributed by atoms with Gasteiger partial charge in [-0.3, -0.25) is 9.79 Å². The van der Waals surface area contributed by atoms with E-state index in [1.165, 1.54) is 51.6 Å². The maximum atomic E-state index is 12.7. The zero-order valence-corrected chi connectivity index (χ0v) is 17.4. The van der Waals surface area contributed by atoms with Crippen LogP contribution in [-0.4, -0.2) is 74.5 Å². The maximum Gasteiger partial charge on any atom is 0.225 e. The Balaban J connectivity index is 1.35. The van der Waals surface area contributed by atoms with Crippen LogP contribution in [0.2, 0.25) is 0 Å². The fraction of sp³-hybridized carbons (Fsp3) is 0.905. The zero-order valence-electron chi connectivity index (χ0n) is 17.4. The minimum atomic E-state index is 0.282. The summed E-state index contributed by atoms with van der Waals surface area (Å²) < 4.78 is 0. The molecule has 3 aliphatic rings. The van der Waals surface area contributed by atoms with Gasteiger partial charge in [0.25, 0.3) is 0 Å². The predicted octanol–water partition coefficient (Wildman–Crippen LogP) is 2.06. The molecule has 1 saturated carbocycles. The number of amides is 1. The summed E-state index contributed by atoms with van der Waals surface area (Å²) in [4.78, 5) is 21.6. The third-order valence-corrected chi connectivity index (χ3v) is 6.70. The highest BCUT2D eigenvalue weighted by atomic mass is 16.2. The van der Waals surface area contributed by atoms with Crippen LogP contribution in [0.3, 0.4) is 0 Å². The Morgan fingerprint density at radius 1 is 1.04 bits per heavy atom. The van der Waals surface area contributed by atoms with E-state index in [2.05, 4.69) is 32.5 Å². The van der Waals surface area contributed by atoms with Crippen molar-refractivity contribution in [3.63, 3.8) is 0 Å². The lowest BCUT2D eigenvalue weighted by molar-refractivity contribution is -0.135. The highest BCUT2D eigenvalue weighted by Crippen LogP contribution is 2.26. The van der Waals surface area contributed by atoms with Gasteiger partial charge in [-0.25, -0.2) is 0 Å². The van der Waals surface area contributed by atoms with Gasteiger partial charge in [0.1, 0.15) is 0 Å². The van der Waals surface area contributed by atoms with Gasteiger partial charge in [-0.1, -0.05) is 19.3 Å². The molecular formula is C21H39N5O. The molecule has 0 radical (unpaired) electrons. The molecular weight excluding hydrogens is 338 g/mol. The minimum absolute atomic E-state index is 0.282. The fourth-order valence-electron chi connectivity index (χ4n) is 4.82. The Morgan fingerprint density at radius 3 is 2.48 bits per heavy atom. The molecule has 1 unspecified atom stereocenters. The summed E-state index contributed by atoms with van der Waals surface area (Å²) in [5.41, 5.74) is 0. The number of piperidine rings is 1. The normalized spacial score (nSPS) is 26.4. The van der Waals surface area contributed by atoms with Crippen LogP contribution in [0.1, 0.15) is 57.8 Å². The van der Waals surface area contributed by atoms with E-state index in [1.54, 1.807) is 0 Å². The van der Waals surface area contributed by atoms with E-state index in [0.717, 1.165) is 50.8 Å². The second-order valence-electron chi connectivity index (χ2n) is 8.78. The van der Waals surface area contributed by atoms with Crippen molar-refractivity contribution >= 4 is 11.9 Å². The number of carbonyl (C=O) groups is 1. The minimum Gasteiger partial charge on any atom is -0.356 e. The molecule has 0 spiro atoms. The molecule has 2 heterocycles. The number of nitrogens with zero attached hydrogens (tertiary/aromatic N) is 3. The molecule has 6 nitrogen and oxygen atoms in total. The highest BCUT2D eigenvalue weighted by Gasteiger charge is 2.31. The van der Waals surface area contributed by atoms with Gasteiger partial charge in [-0.15, -0.1) is 0 Å². The fourth-order valence-corrected chi connectivity index (χ4v) is 4.82. The summed E-state index contributed by atoms with van der Waals surface area (Å²) in [5, 5.41) is 7.02. The Morgan fingerprint density at radius 2 is 1.78 bits per heavy atom. The Labute approximate surface area is 165 Å². The van der Waals surface area contributed by atoms with E-state index in [9.17, 15) is 4.79 Å². The van der Waals surface area contributed by atoms with Gasteiger partial charge < -0.3 is 20.4 Å². The average molecular weight is 378 g/mol. The molecule has 1 amide bonds. The number of guanidine groups is 1. The number of hydrogen-bond acceptors (Lipinski definition) is 3. The van der Waals surface area contributed by atoms with Crippen molar-refractivity contribution in [1.29, 1.82) is 0 Å². The van der Waals surface area contributed by atoms with Gasteiger partial charge in [-0.2, -0.15) is 0 Å². The molecule has 27 heavy (non-hydrogen) atoms. The van der Waals surface area contributed by atoms with E-state index >= 15 is 0 Å². The Hall–Kier alpha value is -1.30. The molecule has 0 bridgehead atoms. The standard InChI is InChI=1S/C21H39N5O/c1-22-21(23-12-8-17-9-13-25(2)14-10-17)24-19-11-15-26(16-19)20(27)18-6-4-3-5-7-18/h17-19H,3-16H2,1-2H3,(H2,22,23,24). The van der Waals surface area contributed by atoms with E-state index in [4.69, 9.17) is 0 Å². The smallest absolute Gasteiger partial charge is 0.225 e. The number of aliphatic imine (C=N–C) groups is 1. The van der Waals surface area contributed by atoms with Crippen molar-refractivity contribution in [3.8, 4) is 0 Å². The maximum absolute atomic E-state index is 12.7. The van der Waals surface area contributed by atoms with Crippen molar-refractivity contribution in [1.82, 2.24) is 20.4 Å². The largest absolute Gasteiger partial charge is 0.356 e. The third kappa shape index (κ3) is 6.09. The molecule has 2 N–H and O–H groups in total. The second-order valence-corrected chi connectivity index (χ2v) is 8.78. The van der Waals surface area contributed by atoms with E-state index in [-0.39, 0.29) is 5.92 Å². The summed E-state index contributed by atoms with van der Waals surface area (Å²) >= 11 is 0. The van der Waals surface area contributed by atoms with Crippen LogP contribution >= 0.6 is 0 Å².